The number of ketones is 2. The smallest absolute Gasteiger partial charge is 0.168 e. The van der Waals surface area contributed by atoms with E-state index in [1.807, 2.05) is 25.1 Å². The van der Waals surface area contributed by atoms with Crippen molar-refractivity contribution < 1.29 is 9.59 Å². The summed E-state index contributed by atoms with van der Waals surface area (Å²) in [5, 5.41) is 3.33. The highest BCUT2D eigenvalue weighted by atomic mass is 16.1. The van der Waals surface area contributed by atoms with Crippen molar-refractivity contribution in [2.75, 3.05) is 26.2 Å². The van der Waals surface area contributed by atoms with Crippen molar-refractivity contribution in [1.29, 1.82) is 0 Å². The Hall–Kier alpha value is -1.94. The Kier molecular flexibility index (Phi) is 4.91. The van der Waals surface area contributed by atoms with E-state index >= 15 is 0 Å². The molecule has 0 saturated carbocycles. The summed E-state index contributed by atoms with van der Waals surface area (Å²) < 4.78 is 0. The zero-order valence-electron chi connectivity index (χ0n) is 13.7. The summed E-state index contributed by atoms with van der Waals surface area (Å²) in [6.45, 7) is 5.37. The first kappa shape index (κ1) is 15.9. The number of hydrogen-bond donors (Lipinski definition) is 1. The molecule has 2 aliphatic rings. The molecule has 1 N–H and O–H groups in total. The lowest BCUT2D eigenvalue weighted by Gasteiger charge is -2.37. The van der Waals surface area contributed by atoms with E-state index < -0.39 is 0 Å². The molecule has 0 amide bonds. The first-order valence-corrected chi connectivity index (χ1v) is 8.51. The molecular formula is C19H24N2O2. The van der Waals surface area contributed by atoms with Gasteiger partial charge in [-0.15, -0.1) is 0 Å². The van der Waals surface area contributed by atoms with Crippen LogP contribution in [0.1, 0.15) is 37.7 Å². The number of Topliss-reactive ketones (excluding diaryl/α,β-unsaturated/α-hetero) is 2. The summed E-state index contributed by atoms with van der Waals surface area (Å²) >= 11 is 0. The van der Waals surface area contributed by atoms with Gasteiger partial charge in [-0.25, -0.2) is 0 Å². The zero-order valence-corrected chi connectivity index (χ0v) is 13.7. The molecule has 1 aromatic carbocycles. The van der Waals surface area contributed by atoms with Crippen molar-refractivity contribution in [2.45, 2.75) is 32.1 Å². The number of piperazine rings is 1. The van der Waals surface area contributed by atoms with E-state index in [1.54, 1.807) is 0 Å². The first-order chi connectivity index (χ1) is 11.2. The van der Waals surface area contributed by atoms with E-state index in [-0.39, 0.29) is 17.5 Å². The van der Waals surface area contributed by atoms with Gasteiger partial charge in [-0.3, -0.25) is 9.59 Å². The second kappa shape index (κ2) is 7.09. The number of carbonyl (C=O) groups is 2. The molecule has 1 aliphatic heterocycles. The van der Waals surface area contributed by atoms with Gasteiger partial charge in [0.25, 0.3) is 0 Å². The monoisotopic (exact) mass is 312 g/mol. The molecule has 4 heteroatoms. The lowest BCUT2D eigenvalue weighted by molar-refractivity contribution is -0.122. The predicted molar refractivity (Wildman–Crippen MR) is 90.2 cm³/mol. The maximum atomic E-state index is 12.7. The molecule has 3 rings (SSSR count). The van der Waals surface area contributed by atoms with Crippen molar-refractivity contribution in [2.24, 2.45) is 0 Å². The molecule has 0 radical (unpaired) electrons. The average Bonchev–Trinajstić information content (AvgIpc) is 2.62. The Labute approximate surface area is 137 Å². The molecule has 1 fully saturated rings. The van der Waals surface area contributed by atoms with Crippen LogP contribution < -0.4 is 5.32 Å². The maximum Gasteiger partial charge on any atom is 0.168 e. The van der Waals surface area contributed by atoms with Crippen molar-refractivity contribution >= 4 is 11.6 Å². The number of benzene rings is 1. The van der Waals surface area contributed by atoms with Crippen LogP contribution in [-0.2, 0) is 9.59 Å². The second-order valence-electron chi connectivity index (χ2n) is 6.27. The number of allylic oxidation sites excluding steroid dienone is 2. The average molecular weight is 312 g/mol. The van der Waals surface area contributed by atoms with Gasteiger partial charge in [-0.1, -0.05) is 37.3 Å². The Morgan fingerprint density at radius 2 is 1.87 bits per heavy atom. The minimum atomic E-state index is -0.00459. The number of nitrogens with zero attached hydrogens (tertiary/aromatic N) is 1. The van der Waals surface area contributed by atoms with Crippen LogP contribution in [0.3, 0.4) is 0 Å². The number of carbonyl (C=O) groups excluding carboxylic acids is 2. The van der Waals surface area contributed by atoms with Gasteiger partial charge < -0.3 is 10.2 Å². The highest BCUT2D eigenvalue weighted by Crippen LogP contribution is 2.36. The van der Waals surface area contributed by atoms with E-state index in [4.69, 9.17) is 0 Å². The zero-order chi connectivity index (χ0) is 16.2. The summed E-state index contributed by atoms with van der Waals surface area (Å²) in [6, 6.07) is 10.2. The van der Waals surface area contributed by atoms with Crippen molar-refractivity contribution in [3.8, 4) is 0 Å². The highest BCUT2D eigenvalue weighted by Gasteiger charge is 2.34. The minimum Gasteiger partial charge on any atom is -0.372 e. The third-order valence-electron chi connectivity index (χ3n) is 4.81. The van der Waals surface area contributed by atoms with Gasteiger partial charge in [-0.05, 0) is 17.9 Å². The molecule has 122 valence electrons. The second-order valence-corrected chi connectivity index (χ2v) is 6.27. The summed E-state index contributed by atoms with van der Waals surface area (Å²) in [5.74, 6) is 0.197. The summed E-state index contributed by atoms with van der Waals surface area (Å²) in [5.41, 5.74) is 2.64. The number of rotatable bonds is 4. The van der Waals surface area contributed by atoms with Crippen LogP contribution in [0.4, 0.5) is 0 Å². The highest BCUT2D eigenvalue weighted by molar-refractivity contribution is 6.21. The van der Waals surface area contributed by atoms with E-state index in [9.17, 15) is 9.59 Å². The van der Waals surface area contributed by atoms with Gasteiger partial charge in [0.2, 0.25) is 0 Å². The third-order valence-corrected chi connectivity index (χ3v) is 4.81. The normalized spacial score (nSPS) is 22.4. The largest absolute Gasteiger partial charge is 0.372 e. The van der Waals surface area contributed by atoms with Crippen LogP contribution in [0.15, 0.2) is 41.6 Å². The summed E-state index contributed by atoms with van der Waals surface area (Å²) in [4.78, 5) is 27.3. The molecule has 4 nitrogen and oxygen atoms in total. The van der Waals surface area contributed by atoms with Crippen molar-refractivity contribution in [3.05, 3.63) is 47.2 Å². The van der Waals surface area contributed by atoms with Crippen LogP contribution in [0.2, 0.25) is 0 Å². The summed E-state index contributed by atoms with van der Waals surface area (Å²) in [6.07, 6.45) is 1.63. The standard InChI is InChI=1S/C19H24N2O2/c1-2-17(22)19-16(21-10-8-20-9-11-21)12-15(13-18(19)23)14-6-4-3-5-7-14/h3-7,15,20H,2,8-13H2,1H3. The third kappa shape index (κ3) is 3.37. The molecule has 0 bridgehead atoms. The van der Waals surface area contributed by atoms with Crippen LogP contribution in [0, 0.1) is 0 Å². The lowest BCUT2D eigenvalue weighted by atomic mass is 9.80. The van der Waals surface area contributed by atoms with Crippen molar-refractivity contribution in [1.82, 2.24) is 10.2 Å². The predicted octanol–water partition coefficient (Wildman–Crippen LogP) is 2.27. The van der Waals surface area contributed by atoms with Gasteiger partial charge in [-0.2, -0.15) is 0 Å². The van der Waals surface area contributed by atoms with E-state index in [1.165, 1.54) is 5.56 Å². The molecule has 1 unspecified atom stereocenters. The fourth-order valence-electron chi connectivity index (χ4n) is 3.57. The van der Waals surface area contributed by atoms with Crippen molar-refractivity contribution in [3.63, 3.8) is 0 Å². The Balaban J connectivity index is 1.95. The van der Waals surface area contributed by atoms with Crippen LogP contribution >= 0.6 is 0 Å². The Morgan fingerprint density at radius 3 is 2.52 bits per heavy atom. The number of hydrogen-bond acceptors (Lipinski definition) is 4. The topological polar surface area (TPSA) is 49.4 Å². The first-order valence-electron chi connectivity index (χ1n) is 8.51. The molecule has 0 aromatic heterocycles. The van der Waals surface area contributed by atoms with Crippen LogP contribution in [0.5, 0.6) is 0 Å². The van der Waals surface area contributed by atoms with E-state index in [0.717, 1.165) is 38.3 Å². The van der Waals surface area contributed by atoms with Crippen LogP contribution in [0.25, 0.3) is 0 Å². The number of nitrogens with one attached hydrogen (secondary N) is 1. The van der Waals surface area contributed by atoms with E-state index in [2.05, 4.69) is 22.3 Å². The van der Waals surface area contributed by atoms with E-state index in [0.29, 0.717) is 18.4 Å². The van der Waals surface area contributed by atoms with Gasteiger partial charge in [0.15, 0.2) is 11.6 Å². The molecule has 0 spiro atoms. The summed E-state index contributed by atoms with van der Waals surface area (Å²) in [7, 11) is 0. The van der Waals surface area contributed by atoms with Gasteiger partial charge in [0.1, 0.15) is 0 Å². The molecule has 1 aromatic rings. The van der Waals surface area contributed by atoms with Gasteiger partial charge in [0, 0.05) is 44.7 Å². The van der Waals surface area contributed by atoms with Crippen LogP contribution in [-0.4, -0.2) is 42.6 Å². The molecule has 1 atom stereocenters. The quantitative estimate of drug-likeness (QED) is 0.867. The lowest BCUT2D eigenvalue weighted by Crippen LogP contribution is -2.45. The molecule has 1 heterocycles. The Bertz CT molecular complexity index is 616. The SMILES string of the molecule is CCC(=O)C1=C(N2CCNCC2)CC(c2ccccc2)CC1=O. The molecule has 1 aliphatic carbocycles. The Morgan fingerprint density at radius 1 is 1.17 bits per heavy atom. The minimum absolute atomic E-state index is 0.00459. The molecule has 23 heavy (non-hydrogen) atoms. The fraction of sp³-hybridized carbons (Fsp3) is 0.474. The molecular weight excluding hydrogens is 288 g/mol. The van der Waals surface area contributed by atoms with Gasteiger partial charge >= 0.3 is 0 Å². The maximum absolute atomic E-state index is 12.7. The molecule has 1 saturated heterocycles. The van der Waals surface area contributed by atoms with Gasteiger partial charge in [0.05, 0.1) is 5.57 Å². The fourth-order valence-corrected chi connectivity index (χ4v) is 3.57.